The zero-order valence-electron chi connectivity index (χ0n) is 13.3. The van der Waals surface area contributed by atoms with Crippen LogP contribution in [0.4, 0.5) is 0 Å². The maximum absolute atomic E-state index is 6.33. The first-order chi connectivity index (χ1) is 10.6. The number of ether oxygens (including phenoxy) is 1. The molecule has 3 aromatic rings. The third-order valence-electron chi connectivity index (χ3n) is 4.71. The summed E-state index contributed by atoms with van der Waals surface area (Å²) in [6.07, 6.45) is 0.241. The van der Waals surface area contributed by atoms with Gasteiger partial charge in [-0.25, -0.2) is 0 Å². The third-order valence-corrected chi connectivity index (χ3v) is 4.71. The van der Waals surface area contributed by atoms with Gasteiger partial charge in [0, 0.05) is 17.4 Å². The van der Waals surface area contributed by atoms with Crippen molar-refractivity contribution in [2.45, 2.75) is 39.5 Å². The summed E-state index contributed by atoms with van der Waals surface area (Å²) in [4.78, 5) is 0. The molecule has 0 aliphatic carbocycles. The molecule has 1 aliphatic rings. The van der Waals surface area contributed by atoms with Crippen molar-refractivity contribution < 1.29 is 4.74 Å². The molecule has 0 spiro atoms. The van der Waals surface area contributed by atoms with Gasteiger partial charge in [-0.2, -0.15) is 0 Å². The summed E-state index contributed by atoms with van der Waals surface area (Å²) >= 11 is 0. The number of aryl methyl sites for hydroxylation is 2. The van der Waals surface area contributed by atoms with Crippen molar-refractivity contribution in [3.8, 4) is 0 Å². The molecule has 2 heteroatoms. The van der Waals surface area contributed by atoms with Gasteiger partial charge in [0.2, 0.25) is 0 Å². The standard InChI is InChI=1S/C20H21NO/c1-13-8-10-16(11-9-13)20-19-15(3)17-6-4-5-7-18(17)21(19)12-14(2)22-20/h4-11,14,20H,12H2,1-3H3/t14-,20+/m0/s1. The monoisotopic (exact) mass is 291 g/mol. The average Bonchev–Trinajstić information content (AvgIpc) is 2.81. The highest BCUT2D eigenvalue weighted by molar-refractivity contribution is 5.85. The molecule has 4 rings (SSSR count). The second kappa shape index (κ2) is 4.99. The number of aromatic nitrogens is 1. The van der Waals surface area contributed by atoms with Crippen LogP contribution in [-0.4, -0.2) is 10.7 Å². The Balaban J connectivity index is 1.95. The van der Waals surface area contributed by atoms with Crippen LogP contribution >= 0.6 is 0 Å². The molecule has 1 aromatic heterocycles. The molecule has 22 heavy (non-hydrogen) atoms. The molecule has 2 atom stereocenters. The fraction of sp³-hybridized carbons (Fsp3) is 0.300. The molecule has 0 bridgehead atoms. The molecule has 0 N–H and O–H groups in total. The van der Waals surface area contributed by atoms with Crippen LogP contribution in [0.2, 0.25) is 0 Å². The minimum atomic E-state index is 0.0248. The van der Waals surface area contributed by atoms with Crippen LogP contribution < -0.4 is 0 Å². The van der Waals surface area contributed by atoms with Crippen molar-refractivity contribution >= 4 is 10.9 Å². The normalized spacial score (nSPS) is 21.0. The second-order valence-corrected chi connectivity index (χ2v) is 6.38. The molecule has 0 unspecified atom stereocenters. The quantitative estimate of drug-likeness (QED) is 0.630. The van der Waals surface area contributed by atoms with Crippen molar-refractivity contribution in [1.29, 1.82) is 0 Å². The molecule has 2 nitrogen and oxygen atoms in total. The zero-order valence-corrected chi connectivity index (χ0v) is 13.3. The third kappa shape index (κ3) is 1.98. The van der Waals surface area contributed by atoms with E-state index in [2.05, 4.69) is 73.9 Å². The van der Waals surface area contributed by atoms with Gasteiger partial charge in [-0.05, 0) is 38.0 Å². The maximum Gasteiger partial charge on any atom is 0.123 e. The van der Waals surface area contributed by atoms with Crippen molar-refractivity contribution in [2.75, 3.05) is 0 Å². The molecule has 2 aromatic carbocycles. The summed E-state index contributed by atoms with van der Waals surface area (Å²) in [6.45, 7) is 7.42. The highest BCUT2D eigenvalue weighted by Crippen LogP contribution is 2.39. The van der Waals surface area contributed by atoms with Crippen molar-refractivity contribution in [3.63, 3.8) is 0 Å². The van der Waals surface area contributed by atoms with Crippen molar-refractivity contribution in [1.82, 2.24) is 4.57 Å². The van der Waals surface area contributed by atoms with Crippen LogP contribution in [0.3, 0.4) is 0 Å². The van der Waals surface area contributed by atoms with Gasteiger partial charge in [-0.3, -0.25) is 0 Å². The number of hydrogen-bond acceptors (Lipinski definition) is 1. The Morgan fingerprint density at radius 3 is 2.50 bits per heavy atom. The van der Waals surface area contributed by atoms with E-state index < -0.39 is 0 Å². The summed E-state index contributed by atoms with van der Waals surface area (Å²) in [5.74, 6) is 0. The van der Waals surface area contributed by atoms with E-state index in [1.807, 2.05) is 0 Å². The first-order valence-electron chi connectivity index (χ1n) is 7.95. The van der Waals surface area contributed by atoms with Gasteiger partial charge in [0.1, 0.15) is 6.10 Å². The SMILES string of the molecule is Cc1ccc([C@H]2O[C@@H](C)Cn3c2c(C)c2ccccc23)cc1. The van der Waals surface area contributed by atoms with E-state index in [9.17, 15) is 0 Å². The number of para-hydroxylation sites is 1. The molecule has 0 radical (unpaired) electrons. The van der Waals surface area contributed by atoms with Gasteiger partial charge in [0.05, 0.1) is 11.8 Å². The lowest BCUT2D eigenvalue weighted by atomic mass is 10.00. The Labute approximate surface area is 131 Å². The maximum atomic E-state index is 6.33. The summed E-state index contributed by atoms with van der Waals surface area (Å²) in [6, 6.07) is 17.4. The molecule has 2 heterocycles. The first-order valence-corrected chi connectivity index (χ1v) is 7.95. The second-order valence-electron chi connectivity index (χ2n) is 6.38. The minimum absolute atomic E-state index is 0.0248. The van der Waals surface area contributed by atoms with Crippen LogP contribution in [0.5, 0.6) is 0 Å². The highest BCUT2D eigenvalue weighted by Gasteiger charge is 2.30. The zero-order chi connectivity index (χ0) is 15.3. The van der Waals surface area contributed by atoms with Gasteiger partial charge < -0.3 is 9.30 Å². The van der Waals surface area contributed by atoms with Crippen LogP contribution in [0.15, 0.2) is 48.5 Å². The minimum Gasteiger partial charge on any atom is -0.362 e. The molecular formula is C20H21NO. The van der Waals surface area contributed by atoms with E-state index in [0.29, 0.717) is 0 Å². The number of nitrogens with zero attached hydrogens (tertiary/aromatic N) is 1. The van der Waals surface area contributed by atoms with Crippen LogP contribution in [0.1, 0.15) is 35.4 Å². The molecule has 0 saturated heterocycles. The van der Waals surface area contributed by atoms with E-state index in [-0.39, 0.29) is 12.2 Å². The predicted octanol–water partition coefficient (Wildman–Crippen LogP) is 4.77. The fourth-order valence-corrected chi connectivity index (χ4v) is 3.61. The molecule has 0 fully saturated rings. The average molecular weight is 291 g/mol. The fourth-order valence-electron chi connectivity index (χ4n) is 3.61. The topological polar surface area (TPSA) is 14.2 Å². The van der Waals surface area contributed by atoms with Gasteiger partial charge in [-0.1, -0.05) is 48.0 Å². The molecule has 0 saturated carbocycles. The van der Waals surface area contributed by atoms with Gasteiger partial charge in [-0.15, -0.1) is 0 Å². The van der Waals surface area contributed by atoms with E-state index in [0.717, 1.165) is 6.54 Å². The molecule has 1 aliphatic heterocycles. The van der Waals surface area contributed by atoms with Gasteiger partial charge in [0.25, 0.3) is 0 Å². The van der Waals surface area contributed by atoms with E-state index in [1.54, 1.807) is 0 Å². The Morgan fingerprint density at radius 2 is 1.73 bits per heavy atom. The number of benzene rings is 2. The Kier molecular flexibility index (Phi) is 3.08. The smallest absolute Gasteiger partial charge is 0.123 e. The molecular weight excluding hydrogens is 270 g/mol. The van der Waals surface area contributed by atoms with E-state index in [4.69, 9.17) is 4.74 Å². The lowest BCUT2D eigenvalue weighted by Crippen LogP contribution is -2.29. The van der Waals surface area contributed by atoms with Crippen molar-refractivity contribution in [2.24, 2.45) is 0 Å². The lowest BCUT2D eigenvalue weighted by molar-refractivity contribution is -0.0146. The summed E-state index contributed by atoms with van der Waals surface area (Å²) in [7, 11) is 0. The van der Waals surface area contributed by atoms with E-state index in [1.165, 1.54) is 33.3 Å². The molecule has 112 valence electrons. The molecule has 0 amide bonds. The summed E-state index contributed by atoms with van der Waals surface area (Å²) < 4.78 is 8.78. The summed E-state index contributed by atoms with van der Waals surface area (Å²) in [5, 5.41) is 1.34. The number of hydrogen-bond donors (Lipinski definition) is 0. The van der Waals surface area contributed by atoms with Gasteiger partial charge in [0.15, 0.2) is 0 Å². The van der Waals surface area contributed by atoms with Crippen molar-refractivity contribution in [3.05, 3.63) is 70.9 Å². The Bertz CT molecular complexity index is 829. The largest absolute Gasteiger partial charge is 0.362 e. The number of rotatable bonds is 1. The first kappa shape index (κ1) is 13.6. The van der Waals surface area contributed by atoms with Crippen LogP contribution in [-0.2, 0) is 11.3 Å². The summed E-state index contributed by atoms with van der Waals surface area (Å²) in [5.41, 5.74) is 6.49. The highest BCUT2D eigenvalue weighted by atomic mass is 16.5. The lowest BCUT2D eigenvalue weighted by Gasteiger charge is -2.31. The Hall–Kier alpha value is -2.06. The Morgan fingerprint density at radius 1 is 1.00 bits per heavy atom. The predicted molar refractivity (Wildman–Crippen MR) is 90.2 cm³/mol. The van der Waals surface area contributed by atoms with Crippen LogP contribution in [0.25, 0.3) is 10.9 Å². The number of fused-ring (bicyclic) bond motifs is 3. The van der Waals surface area contributed by atoms with Gasteiger partial charge >= 0.3 is 0 Å². The van der Waals surface area contributed by atoms with Crippen LogP contribution in [0, 0.1) is 13.8 Å². The van der Waals surface area contributed by atoms with E-state index >= 15 is 0 Å².